The van der Waals surface area contributed by atoms with Gasteiger partial charge in [0.2, 0.25) is 0 Å². The van der Waals surface area contributed by atoms with E-state index < -0.39 is 0 Å². The highest BCUT2D eigenvalue weighted by molar-refractivity contribution is 5.62. The van der Waals surface area contributed by atoms with E-state index in [4.69, 9.17) is 10.5 Å². The molecule has 0 amide bonds. The summed E-state index contributed by atoms with van der Waals surface area (Å²) in [5.74, 6) is 0.987. The van der Waals surface area contributed by atoms with Crippen LogP contribution in [0.1, 0.15) is 23.6 Å². The highest BCUT2D eigenvalue weighted by Gasteiger charge is 2.13. The van der Waals surface area contributed by atoms with Crippen molar-refractivity contribution in [3.8, 4) is 5.75 Å². The van der Waals surface area contributed by atoms with Crippen molar-refractivity contribution >= 4 is 5.69 Å². The van der Waals surface area contributed by atoms with Gasteiger partial charge >= 0.3 is 0 Å². The number of methoxy groups -OCH3 is 1. The molecule has 96 valence electrons. The molecule has 2 N–H and O–H groups in total. The lowest BCUT2D eigenvalue weighted by Gasteiger charge is -2.26. The molecular formula is C14H24N2O. The van der Waals surface area contributed by atoms with Gasteiger partial charge in [-0.15, -0.1) is 0 Å². The molecule has 1 aromatic carbocycles. The first kappa shape index (κ1) is 13.8. The minimum atomic E-state index is 0.169. The smallest absolute Gasteiger partial charge is 0.125 e. The Kier molecular flexibility index (Phi) is 4.40. The van der Waals surface area contributed by atoms with E-state index in [0.29, 0.717) is 0 Å². The van der Waals surface area contributed by atoms with Gasteiger partial charge in [-0.3, -0.25) is 0 Å². The molecule has 0 saturated heterocycles. The fourth-order valence-corrected chi connectivity index (χ4v) is 2.28. The molecule has 0 aliphatic rings. The van der Waals surface area contributed by atoms with Gasteiger partial charge in [-0.25, -0.2) is 0 Å². The van der Waals surface area contributed by atoms with Crippen LogP contribution < -0.4 is 15.4 Å². The van der Waals surface area contributed by atoms with Crippen molar-refractivity contribution in [3.05, 3.63) is 22.8 Å². The Morgan fingerprint density at radius 2 is 1.88 bits per heavy atom. The maximum atomic E-state index is 5.85. The molecule has 0 aliphatic heterocycles. The summed E-state index contributed by atoms with van der Waals surface area (Å²) in [4.78, 5) is 2.21. The average Bonchev–Trinajstić information content (AvgIpc) is 2.23. The Morgan fingerprint density at radius 3 is 2.35 bits per heavy atom. The monoisotopic (exact) mass is 236 g/mol. The third-order valence-electron chi connectivity index (χ3n) is 3.18. The van der Waals surface area contributed by atoms with E-state index in [0.717, 1.165) is 12.3 Å². The summed E-state index contributed by atoms with van der Waals surface area (Å²) in [6.07, 6.45) is 0. The Morgan fingerprint density at radius 1 is 1.29 bits per heavy atom. The Hall–Kier alpha value is -1.22. The van der Waals surface area contributed by atoms with Gasteiger partial charge in [0.15, 0.2) is 0 Å². The number of rotatable bonds is 4. The summed E-state index contributed by atoms with van der Waals surface area (Å²) in [6, 6.07) is 2.34. The number of likely N-dealkylation sites (N-methyl/N-ethyl adjacent to an activating group) is 1. The third-order valence-corrected chi connectivity index (χ3v) is 3.18. The minimum Gasteiger partial charge on any atom is -0.496 e. The Bertz CT molecular complexity index is 400. The van der Waals surface area contributed by atoms with Crippen LogP contribution in [0, 0.1) is 20.8 Å². The van der Waals surface area contributed by atoms with E-state index in [9.17, 15) is 0 Å². The first-order valence-electron chi connectivity index (χ1n) is 6.00. The van der Waals surface area contributed by atoms with Crippen molar-refractivity contribution in [3.63, 3.8) is 0 Å². The van der Waals surface area contributed by atoms with Gasteiger partial charge in [0.1, 0.15) is 5.75 Å². The van der Waals surface area contributed by atoms with E-state index in [1.54, 1.807) is 7.11 Å². The molecular weight excluding hydrogens is 212 g/mol. The van der Waals surface area contributed by atoms with Crippen molar-refractivity contribution < 1.29 is 4.74 Å². The van der Waals surface area contributed by atoms with Gasteiger partial charge in [-0.2, -0.15) is 0 Å². The molecule has 0 heterocycles. The van der Waals surface area contributed by atoms with Crippen molar-refractivity contribution in [2.75, 3.05) is 25.6 Å². The van der Waals surface area contributed by atoms with Crippen LogP contribution in [0.4, 0.5) is 5.69 Å². The number of benzene rings is 1. The van der Waals surface area contributed by atoms with Gasteiger partial charge in [-0.1, -0.05) is 0 Å². The largest absolute Gasteiger partial charge is 0.496 e. The SMILES string of the molecule is COc1c(C)cc(N(C)CC(C)N)c(C)c1C. The van der Waals surface area contributed by atoms with Crippen molar-refractivity contribution in [1.29, 1.82) is 0 Å². The van der Waals surface area contributed by atoms with Gasteiger partial charge in [0.25, 0.3) is 0 Å². The topological polar surface area (TPSA) is 38.5 Å². The average molecular weight is 236 g/mol. The standard InChI is InChI=1S/C14H24N2O/c1-9-7-13(16(5)8-10(2)15)11(3)12(4)14(9)17-6/h7,10H,8,15H2,1-6H3. The summed E-state index contributed by atoms with van der Waals surface area (Å²) in [5, 5.41) is 0. The summed E-state index contributed by atoms with van der Waals surface area (Å²) in [5.41, 5.74) is 10.7. The molecule has 3 nitrogen and oxygen atoms in total. The normalized spacial score (nSPS) is 12.4. The highest BCUT2D eigenvalue weighted by Crippen LogP contribution is 2.32. The molecule has 0 aromatic heterocycles. The molecule has 1 rings (SSSR count). The molecule has 0 fully saturated rings. The van der Waals surface area contributed by atoms with E-state index in [-0.39, 0.29) is 6.04 Å². The number of nitrogens with zero attached hydrogens (tertiary/aromatic N) is 1. The third kappa shape index (κ3) is 2.91. The zero-order chi connectivity index (χ0) is 13.2. The fraction of sp³-hybridized carbons (Fsp3) is 0.571. The highest BCUT2D eigenvalue weighted by atomic mass is 16.5. The Labute approximate surface area is 105 Å². The Balaban J connectivity index is 3.18. The molecule has 0 aliphatic carbocycles. The van der Waals surface area contributed by atoms with E-state index >= 15 is 0 Å². The minimum absolute atomic E-state index is 0.169. The first-order chi connectivity index (χ1) is 7.88. The second-order valence-electron chi connectivity index (χ2n) is 4.85. The van der Waals surface area contributed by atoms with Crippen LogP contribution in [0.2, 0.25) is 0 Å². The lowest BCUT2D eigenvalue weighted by Crippen LogP contribution is -2.33. The van der Waals surface area contributed by atoms with E-state index in [1.807, 2.05) is 6.92 Å². The second-order valence-corrected chi connectivity index (χ2v) is 4.85. The summed E-state index contributed by atoms with van der Waals surface area (Å²) in [7, 11) is 3.80. The van der Waals surface area contributed by atoms with Crippen LogP contribution >= 0.6 is 0 Å². The van der Waals surface area contributed by atoms with Gasteiger partial charge in [-0.05, 0) is 50.5 Å². The lowest BCUT2D eigenvalue weighted by molar-refractivity contribution is 0.408. The van der Waals surface area contributed by atoms with Crippen molar-refractivity contribution in [1.82, 2.24) is 0 Å². The van der Waals surface area contributed by atoms with Crippen LogP contribution in [-0.4, -0.2) is 26.7 Å². The molecule has 0 bridgehead atoms. The second kappa shape index (κ2) is 5.41. The van der Waals surface area contributed by atoms with Crippen LogP contribution in [-0.2, 0) is 0 Å². The van der Waals surface area contributed by atoms with Crippen LogP contribution in [0.3, 0.4) is 0 Å². The van der Waals surface area contributed by atoms with Crippen LogP contribution in [0.25, 0.3) is 0 Å². The van der Waals surface area contributed by atoms with E-state index in [1.165, 1.54) is 22.4 Å². The molecule has 3 heteroatoms. The predicted molar refractivity (Wildman–Crippen MR) is 74.1 cm³/mol. The molecule has 17 heavy (non-hydrogen) atoms. The fourth-order valence-electron chi connectivity index (χ4n) is 2.28. The number of hydrogen-bond donors (Lipinski definition) is 1. The van der Waals surface area contributed by atoms with Crippen molar-refractivity contribution in [2.45, 2.75) is 33.7 Å². The summed E-state index contributed by atoms with van der Waals surface area (Å²) in [6.45, 7) is 9.18. The number of hydrogen-bond acceptors (Lipinski definition) is 3. The van der Waals surface area contributed by atoms with Gasteiger partial charge in [0.05, 0.1) is 7.11 Å². The predicted octanol–water partition coefficient (Wildman–Crippen LogP) is 2.40. The maximum absolute atomic E-state index is 5.85. The zero-order valence-corrected chi connectivity index (χ0v) is 11.8. The first-order valence-corrected chi connectivity index (χ1v) is 6.00. The number of aryl methyl sites for hydroxylation is 1. The molecule has 0 spiro atoms. The molecule has 0 radical (unpaired) electrons. The number of nitrogens with two attached hydrogens (primary N) is 1. The lowest BCUT2D eigenvalue weighted by atomic mass is 10.0. The van der Waals surface area contributed by atoms with Gasteiger partial charge in [0, 0.05) is 25.3 Å². The van der Waals surface area contributed by atoms with Gasteiger partial charge < -0.3 is 15.4 Å². The maximum Gasteiger partial charge on any atom is 0.125 e. The molecule has 1 atom stereocenters. The molecule has 1 unspecified atom stereocenters. The zero-order valence-electron chi connectivity index (χ0n) is 11.8. The van der Waals surface area contributed by atoms with E-state index in [2.05, 4.69) is 38.8 Å². The summed E-state index contributed by atoms with van der Waals surface area (Å²) < 4.78 is 5.43. The molecule has 0 saturated carbocycles. The quantitative estimate of drug-likeness (QED) is 0.872. The van der Waals surface area contributed by atoms with Crippen LogP contribution in [0.15, 0.2) is 6.07 Å². The van der Waals surface area contributed by atoms with Crippen molar-refractivity contribution in [2.24, 2.45) is 5.73 Å². The van der Waals surface area contributed by atoms with Crippen LogP contribution in [0.5, 0.6) is 5.75 Å². The number of anilines is 1. The number of ether oxygens (including phenoxy) is 1. The molecule has 1 aromatic rings. The summed E-state index contributed by atoms with van der Waals surface area (Å²) >= 11 is 0.